The highest BCUT2D eigenvalue weighted by Gasteiger charge is 2.14. The van der Waals surface area contributed by atoms with Gasteiger partial charge in [-0.25, -0.2) is 0 Å². The Morgan fingerprint density at radius 1 is 1.20 bits per heavy atom. The summed E-state index contributed by atoms with van der Waals surface area (Å²) >= 11 is 0. The third-order valence-electron chi connectivity index (χ3n) is 3.80. The van der Waals surface area contributed by atoms with E-state index in [2.05, 4.69) is 4.98 Å². The fraction of sp³-hybridized carbons (Fsp3) is 0.211. The highest BCUT2D eigenvalue weighted by Crippen LogP contribution is 2.18. The Labute approximate surface area is 146 Å². The molecule has 0 unspecified atom stereocenters. The van der Waals surface area contributed by atoms with Crippen LogP contribution in [-0.2, 0) is 9.59 Å². The fourth-order valence-corrected chi connectivity index (χ4v) is 2.17. The molecule has 0 radical (unpaired) electrons. The van der Waals surface area contributed by atoms with E-state index in [0.717, 1.165) is 11.1 Å². The van der Waals surface area contributed by atoms with Gasteiger partial charge in [0, 0.05) is 25.5 Å². The molecule has 1 aromatic carbocycles. The van der Waals surface area contributed by atoms with Gasteiger partial charge in [0.05, 0.1) is 6.04 Å². The highest BCUT2D eigenvalue weighted by atomic mass is 16.5. The lowest BCUT2D eigenvalue weighted by atomic mass is 10.1. The molecule has 0 bridgehead atoms. The van der Waals surface area contributed by atoms with E-state index in [4.69, 9.17) is 10.5 Å². The Morgan fingerprint density at radius 3 is 2.44 bits per heavy atom. The summed E-state index contributed by atoms with van der Waals surface area (Å²) in [4.78, 5) is 28.6. The van der Waals surface area contributed by atoms with Gasteiger partial charge in [-0.15, -0.1) is 0 Å². The van der Waals surface area contributed by atoms with E-state index in [9.17, 15) is 9.59 Å². The summed E-state index contributed by atoms with van der Waals surface area (Å²) in [5.74, 6) is -0.0787. The van der Waals surface area contributed by atoms with Crippen molar-refractivity contribution in [3.8, 4) is 5.75 Å². The van der Waals surface area contributed by atoms with Crippen LogP contribution in [0.25, 0.3) is 6.08 Å². The van der Waals surface area contributed by atoms with E-state index in [0.29, 0.717) is 5.75 Å². The second-order valence-electron chi connectivity index (χ2n) is 5.56. The molecule has 0 saturated heterocycles. The van der Waals surface area contributed by atoms with Gasteiger partial charge in [-0.1, -0.05) is 12.1 Å². The molecule has 1 aromatic heterocycles. The number of carbonyl (C=O) groups excluding carboxylic acids is 2. The second-order valence-corrected chi connectivity index (χ2v) is 5.56. The number of benzene rings is 1. The molecule has 130 valence electrons. The van der Waals surface area contributed by atoms with Crippen molar-refractivity contribution in [3.63, 3.8) is 0 Å². The predicted octanol–water partition coefficient (Wildman–Crippen LogP) is 2.18. The van der Waals surface area contributed by atoms with E-state index in [1.54, 1.807) is 54.7 Å². The van der Waals surface area contributed by atoms with Gasteiger partial charge < -0.3 is 15.4 Å². The number of aromatic nitrogens is 1. The zero-order valence-corrected chi connectivity index (χ0v) is 14.3. The first kappa shape index (κ1) is 18.2. The van der Waals surface area contributed by atoms with Gasteiger partial charge in [-0.3, -0.25) is 14.6 Å². The first-order valence-electron chi connectivity index (χ1n) is 7.83. The summed E-state index contributed by atoms with van der Waals surface area (Å²) in [5.41, 5.74) is 6.90. The first-order chi connectivity index (χ1) is 12.0. The molecule has 6 heteroatoms. The molecule has 6 nitrogen and oxygen atoms in total. The molecular weight excluding hydrogens is 318 g/mol. The summed E-state index contributed by atoms with van der Waals surface area (Å²) in [6, 6.07) is 10.8. The van der Waals surface area contributed by atoms with Gasteiger partial charge in [0.2, 0.25) is 5.91 Å². The normalized spacial score (nSPS) is 11.9. The lowest BCUT2D eigenvalue weighted by molar-refractivity contribution is -0.126. The standard InChI is InChI=1S/C19H21N3O3/c1-14(16-9-11-21-12-10-16)22(2)19(24)8-5-15-3-6-17(7-4-15)25-13-18(20)23/h3-12,14H,13H2,1-2H3,(H2,20,23)/b8-5+/t14-/m0/s1. The Bertz CT molecular complexity index is 742. The van der Waals surface area contributed by atoms with E-state index in [-0.39, 0.29) is 18.6 Å². The van der Waals surface area contributed by atoms with Crippen LogP contribution in [0.3, 0.4) is 0 Å². The minimum absolute atomic E-state index is 0.0512. The highest BCUT2D eigenvalue weighted by molar-refractivity contribution is 5.91. The van der Waals surface area contributed by atoms with Crippen molar-refractivity contribution in [1.82, 2.24) is 9.88 Å². The number of hydrogen-bond donors (Lipinski definition) is 1. The molecule has 2 aromatic rings. The SMILES string of the molecule is C[C@@H](c1ccncc1)N(C)C(=O)/C=C/c1ccc(OCC(N)=O)cc1. The summed E-state index contributed by atoms with van der Waals surface area (Å²) in [7, 11) is 1.76. The zero-order chi connectivity index (χ0) is 18.2. The topological polar surface area (TPSA) is 85.5 Å². The van der Waals surface area contributed by atoms with Crippen LogP contribution < -0.4 is 10.5 Å². The molecule has 1 atom stereocenters. The summed E-state index contributed by atoms with van der Waals surface area (Å²) in [5, 5.41) is 0. The Morgan fingerprint density at radius 2 is 1.84 bits per heavy atom. The quantitative estimate of drug-likeness (QED) is 0.784. The van der Waals surface area contributed by atoms with Crippen molar-refractivity contribution in [2.45, 2.75) is 13.0 Å². The van der Waals surface area contributed by atoms with Crippen LogP contribution in [0.1, 0.15) is 24.1 Å². The van der Waals surface area contributed by atoms with Gasteiger partial charge in [-0.2, -0.15) is 0 Å². The van der Waals surface area contributed by atoms with Gasteiger partial charge in [0.25, 0.3) is 5.91 Å². The Kier molecular flexibility index (Phi) is 6.28. The van der Waals surface area contributed by atoms with Gasteiger partial charge in [0.15, 0.2) is 6.61 Å². The number of ether oxygens (including phenoxy) is 1. The van der Waals surface area contributed by atoms with Crippen LogP contribution in [0.4, 0.5) is 0 Å². The smallest absolute Gasteiger partial charge is 0.255 e. The maximum absolute atomic E-state index is 12.3. The molecule has 0 spiro atoms. The third kappa shape index (κ3) is 5.46. The van der Waals surface area contributed by atoms with Crippen molar-refractivity contribution >= 4 is 17.9 Å². The van der Waals surface area contributed by atoms with Crippen LogP contribution in [0.2, 0.25) is 0 Å². The van der Waals surface area contributed by atoms with Crippen molar-refractivity contribution in [2.24, 2.45) is 5.73 Å². The molecule has 2 amide bonds. The van der Waals surface area contributed by atoms with Crippen LogP contribution in [0.5, 0.6) is 5.75 Å². The number of likely N-dealkylation sites (N-methyl/N-ethyl adjacent to an activating group) is 1. The summed E-state index contributed by atoms with van der Waals surface area (Å²) in [6.45, 7) is 1.80. The van der Waals surface area contributed by atoms with Crippen molar-refractivity contribution in [3.05, 3.63) is 66.0 Å². The monoisotopic (exact) mass is 339 g/mol. The number of nitrogens with zero attached hydrogens (tertiary/aromatic N) is 2. The zero-order valence-electron chi connectivity index (χ0n) is 14.3. The molecule has 0 aliphatic carbocycles. The average molecular weight is 339 g/mol. The Hall–Kier alpha value is -3.15. The third-order valence-corrected chi connectivity index (χ3v) is 3.80. The van der Waals surface area contributed by atoms with Crippen LogP contribution in [0, 0.1) is 0 Å². The molecule has 2 N–H and O–H groups in total. The van der Waals surface area contributed by atoms with E-state index < -0.39 is 5.91 Å². The fourth-order valence-electron chi connectivity index (χ4n) is 2.17. The number of primary amides is 1. The molecule has 25 heavy (non-hydrogen) atoms. The minimum Gasteiger partial charge on any atom is -0.484 e. The first-order valence-corrected chi connectivity index (χ1v) is 7.83. The number of carbonyl (C=O) groups is 2. The number of rotatable bonds is 7. The number of hydrogen-bond acceptors (Lipinski definition) is 4. The number of amides is 2. The van der Waals surface area contributed by atoms with E-state index in [1.165, 1.54) is 6.08 Å². The van der Waals surface area contributed by atoms with Gasteiger partial charge >= 0.3 is 0 Å². The van der Waals surface area contributed by atoms with Crippen molar-refractivity contribution in [2.75, 3.05) is 13.7 Å². The molecular formula is C19H21N3O3. The van der Waals surface area contributed by atoms with Gasteiger partial charge in [0.1, 0.15) is 5.75 Å². The molecule has 0 aliphatic heterocycles. The van der Waals surface area contributed by atoms with Crippen molar-refractivity contribution in [1.29, 1.82) is 0 Å². The molecule has 1 heterocycles. The lowest BCUT2D eigenvalue weighted by Gasteiger charge is -2.23. The van der Waals surface area contributed by atoms with Crippen LogP contribution in [0.15, 0.2) is 54.9 Å². The van der Waals surface area contributed by atoms with Crippen molar-refractivity contribution < 1.29 is 14.3 Å². The Balaban J connectivity index is 1.96. The number of pyridine rings is 1. The molecule has 0 aliphatic rings. The van der Waals surface area contributed by atoms with E-state index >= 15 is 0 Å². The van der Waals surface area contributed by atoms with Gasteiger partial charge in [-0.05, 0) is 48.4 Å². The van der Waals surface area contributed by atoms with E-state index in [1.807, 2.05) is 19.1 Å². The largest absolute Gasteiger partial charge is 0.484 e. The minimum atomic E-state index is -0.527. The second kappa shape index (κ2) is 8.63. The molecule has 0 saturated carbocycles. The predicted molar refractivity (Wildman–Crippen MR) is 95.6 cm³/mol. The summed E-state index contributed by atoms with van der Waals surface area (Å²) in [6.07, 6.45) is 6.68. The lowest BCUT2D eigenvalue weighted by Crippen LogP contribution is -2.27. The maximum Gasteiger partial charge on any atom is 0.255 e. The average Bonchev–Trinajstić information content (AvgIpc) is 2.64. The molecule has 0 fully saturated rings. The number of nitrogens with two attached hydrogens (primary N) is 1. The maximum atomic E-state index is 12.3. The molecule has 2 rings (SSSR count). The van der Waals surface area contributed by atoms with Crippen LogP contribution in [-0.4, -0.2) is 35.4 Å². The van der Waals surface area contributed by atoms with Crippen LogP contribution >= 0.6 is 0 Å². The summed E-state index contributed by atoms with van der Waals surface area (Å²) < 4.78 is 5.19.